The van der Waals surface area contributed by atoms with Crippen LogP contribution in [0.4, 0.5) is 5.82 Å². The van der Waals surface area contributed by atoms with E-state index in [1.54, 1.807) is 13.1 Å². The molecule has 0 aliphatic heterocycles. The molecule has 0 atom stereocenters. The SMILES string of the molecule is CNC(=O)CCNc1cc(OC)ncn1. The van der Waals surface area contributed by atoms with E-state index in [2.05, 4.69) is 20.6 Å². The van der Waals surface area contributed by atoms with Crippen molar-refractivity contribution >= 4 is 11.7 Å². The predicted molar refractivity (Wildman–Crippen MR) is 55.8 cm³/mol. The Morgan fingerprint density at radius 1 is 1.53 bits per heavy atom. The van der Waals surface area contributed by atoms with Crippen LogP contribution in [0.25, 0.3) is 0 Å². The molecule has 0 spiro atoms. The first-order valence-electron chi connectivity index (χ1n) is 4.56. The first kappa shape index (κ1) is 11.2. The van der Waals surface area contributed by atoms with Crippen LogP contribution in [0, 0.1) is 0 Å². The molecule has 1 heterocycles. The second-order valence-corrected chi connectivity index (χ2v) is 2.80. The lowest BCUT2D eigenvalue weighted by molar-refractivity contribution is -0.120. The molecule has 15 heavy (non-hydrogen) atoms. The van der Waals surface area contributed by atoms with Gasteiger partial charge in [0.25, 0.3) is 0 Å². The average Bonchev–Trinajstić information content (AvgIpc) is 2.29. The van der Waals surface area contributed by atoms with Crippen molar-refractivity contribution in [3.8, 4) is 5.88 Å². The van der Waals surface area contributed by atoms with Crippen LogP contribution in [-0.2, 0) is 4.79 Å². The Kier molecular flexibility index (Phi) is 4.33. The van der Waals surface area contributed by atoms with E-state index in [1.807, 2.05) is 0 Å². The van der Waals surface area contributed by atoms with Crippen molar-refractivity contribution in [1.82, 2.24) is 15.3 Å². The molecular weight excluding hydrogens is 196 g/mol. The summed E-state index contributed by atoms with van der Waals surface area (Å²) in [5.74, 6) is 1.13. The number of hydrogen-bond acceptors (Lipinski definition) is 5. The number of aromatic nitrogens is 2. The number of ether oxygens (including phenoxy) is 1. The first-order chi connectivity index (χ1) is 7.26. The van der Waals surface area contributed by atoms with Gasteiger partial charge in [0.1, 0.15) is 12.1 Å². The Balaban J connectivity index is 2.40. The van der Waals surface area contributed by atoms with Crippen LogP contribution in [0.15, 0.2) is 12.4 Å². The Labute approximate surface area is 88.1 Å². The number of carbonyl (C=O) groups excluding carboxylic acids is 1. The zero-order chi connectivity index (χ0) is 11.1. The van der Waals surface area contributed by atoms with Crippen molar-refractivity contribution in [2.75, 3.05) is 26.0 Å². The summed E-state index contributed by atoms with van der Waals surface area (Å²) < 4.78 is 4.93. The maximum atomic E-state index is 10.9. The van der Waals surface area contributed by atoms with Gasteiger partial charge >= 0.3 is 0 Å². The maximum absolute atomic E-state index is 10.9. The minimum atomic E-state index is -0.0106. The summed E-state index contributed by atoms with van der Waals surface area (Å²) >= 11 is 0. The van der Waals surface area contributed by atoms with Gasteiger partial charge in [-0.1, -0.05) is 0 Å². The fraction of sp³-hybridized carbons (Fsp3) is 0.444. The smallest absolute Gasteiger partial charge is 0.221 e. The molecular formula is C9H14N4O2. The second kappa shape index (κ2) is 5.79. The second-order valence-electron chi connectivity index (χ2n) is 2.80. The van der Waals surface area contributed by atoms with Crippen molar-refractivity contribution in [3.63, 3.8) is 0 Å². The van der Waals surface area contributed by atoms with Gasteiger partial charge < -0.3 is 15.4 Å². The number of nitrogens with zero attached hydrogens (tertiary/aromatic N) is 2. The number of carbonyl (C=O) groups is 1. The summed E-state index contributed by atoms with van der Waals surface area (Å²) in [6.45, 7) is 0.528. The van der Waals surface area contributed by atoms with E-state index in [4.69, 9.17) is 4.74 Å². The van der Waals surface area contributed by atoms with E-state index < -0.39 is 0 Å². The van der Waals surface area contributed by atoms with Gasteiger partial charge in [-0.15, -0.1) is 0 Å². The third kappa shape index (κ3) is 3.80. The van der Waals surface area contributed by atoms with Gasteiger partial charge in [-0.3, -0.25) is 4.79 Å². The molecule has 0 bridgehead atoms. The summed E-state index contributed by atoms with van der Waals surface area (Å²) in [5.41, 5.74) is 0. The topological polar surface area (TPSA) is 76.1 Å². The molecule has 0 aromatic carbocycles. The third-order valence-electron chi connectivity index (χ3n) is 1.79. The fourth-order valence-electron chi connectivity index (χ4n) is 0.977. The molecule has 2 N–H and O–H groups in total. The molecule has 6 heteroatoms. The van der Waals surface area contributed by atoms with Crippen LogP contribution in [-0.4, -0.2) is 36.6 Å². The van der Waals surface area contributed by atoms with E-state index in [1.165, 1.54) is 13.4 Å². The van der Waals surface area contributed by atoms with Crippen LogP contribution < -0.4 is 15.4 Å². The van der Waals surface area contributed by atoms with Gasteiger partial charge in [-0.25, -0.2) is 9.97 Å². The zero-order valence-electron chi connectivity index (χ0n) is 8.78. The quantitative estimate of drug-likeness (QED) is 0.717. The van der Waals surface area contributed by atoms with E-state index in [0.717, 1.165) is 0 Å². The molecule has 0 aliphatic carbocycles. The normalized spacial score (nSPS) is 9.47. The van der Waals surface area contributed by atoms with Crippen LogP contribution in [0.3, 0.4) is 0 Å². The molecule has 0 saturated heterocycles. The van der Waals surface area contributed by atoms with Crippen molar-refractivity contribution < 1.29 is 9.53 Å². The lowest BCUT2D eigenvalue weighted by atomic mass is 10.4. The Hall–Kier alpha value is -1.85. The first-order valence-corrected chi connectivity index (χ1v) is 4.56. The highest BCUT2D eigenvalue weighted by molar-refractivity contribution is 5.76. The van der Waals surface area contributed by atoms with Crippen molar-refractivity contribution in [2.45, 2.75) is 6.42 Å². The lowest BCUT2D eigenvalue weighted by Crippen LogP contribution is -2.21. The predicted octanol–water partition coefficient (Wildman–Crippen LogP) is 0.0332. The summed E-state index contributed by atoms with van der Waals surface area (Å²) in [4.78, 5) is 18.8. The van der Waals surface area contributed by atoms with Crippen LogP contribution in [0.2, 0.25) is 0 Å². The Morgan fingerprint density at radius 3 is 3.00 bits per heavy atom. The van der Waals surface area contributed by atoms with E-state index >= 15 is 0 Å². The van der Waals surface area contributed by atoms with Crippen LogP contribution >= 0.6 is 0 Å². The highest BCUT2D eigenvalue weighted by Crippen LogP contribution is 2.09. The zero-order valence-corrected chi connectivity index (χ0v) is 8.78. The number of amides is 1. The number of anilines is 1. The van der Waals surface area contributed by atoms with Gasteiger partial charge in [0.2, 0.25) is 11.8 Å². The fourth-order valence-corrected chi connectivity index (χ4v) is 0.977. The molecule has 0 unspecified atom stereocenters. The maximum Gasteiger partial charge on any atom is 0.221 e. The summed E-state index contributed by atoms with van der Waals surface area (Å²) in [6, 6.07) is 1.67. The van der Waals surface area contributed by atoms with Crippen molar-refractivity contribution in [2.24, 2.45) is 0 Å². The molecule has 0 fully saturated rings. The molecule has 0 aliphatic rings. The largest absolute Gasteiger partial charge is 0.481 e. The van der Waals surface area contributed by atoms with E-state index in [9.17, 15) is 4.79 Å². The van der Waals surface area contributed by atoms with Gasteiger partial charge in [-0.2, -0.15) is 0 Å². The summed E-state index contributed by atoms with van der Waals surface area (Å²) in [6.07, 6.45) is 1.81. The molecule has 1 rings (SSSR count). The van der Waals surface area contributed by atoms with Gasteiger partial charge in [0.15, 0.2) is 0 Å². The van der Waals surface area contributed by atoms with Crippen molar-refractivity contribution in [3.05, 3.63) is 12.4 Å². The Morgan fingerprint density at radius 2 is 2.33 bits per heavy atom. The van der Waals surface area contributed by atoms with Crippen LogP contribution in [0.1, 0.15) is 6.42 Å². The van der Waals surface area contributed by atoms with E-state index in [-0.39, 0.29) is 5.91 Å². The lowest BCUT2D eigenvalue weighted by Gasteiger charge is -2.05. The third-order valence-corrected chi connectivity index (χ3v) is 1.79. The standard InChI is InChI=1S/C9H14N4O2/c1-10-8(14)3-4-11-7-5-9(15-2)13-6-12-7/h5-6H,3-4H2,1-2H3,(H,10,14)(H,11,12,13). The summed E-state index contributed by atoms with van der Waals surface area (Å²) in [5, 5.41) is 5.53. The minimum absolute atomic E-state index is 0.0106. The number of hydrogen-bond donors (Lipinski definition) is 2. The monoisotopic (exact) mass is 210 g/mol. The minimum Gasteiger partial charge on any atom is -0.481 e. The Bertz CT molecular complexity index is 330. The van der Waals surface area contributed by atoms with Crippen LogP contribution in [0.5, 0.6) is 5.88 Å². The molecule has 1 amide bonds. The molecule has 6 nitrogen and oxygen atoms in total. The number of rotatable bonds is 5. The van der Waals surface area contributed by atoms with Gasteiger partial charge in [0.05, 0.1) is 7.11 Å². The highest BCUT2D eigenvalue weighted by Gasteiger charge is 1.99. The molecule has 0 saturated carbocycles. The van der Waals surface area contributed by atoms with E-state index in [0.29, 0.717) is 24.7 Å². The number of methoxy groups -OCH3 is 1. The van der Waals surface area contributed by atoms with Gasteiger partial charge in [-0.05, 0) is 0 Å². The molecule has 0 radical (unpaired) electrons. The molecule has 1 aromatic heterocycles. The van der Waals surface area contributed by atoms with Crippen molar-refractivity contribution in [1.29, 1.82) is 0 Å². The number of nitrogens with one attached hydrogen (secondary N) is 2. The average molecular weight is 210 g/mol. The molecule has 1 aromatic rings. The summed E-state index contributed by atoms with van der Waals surface area (Å²) in [7, 11) is 3.15. The molecule has 82 valence electrons. The highest BCUT2D eigenvalue weighted by atomic mass is 16.5. The van der Waals surface area contributed by atoms with Gasteiger partial charge in [0, 0.05) is 26.1 Å².